The van der Waals surface area contributed by atoms with Crippen molar-refractivity contribution in [3.8, 4) is 5.75 Å². The summed E-state index contributed by atoms with van der Waals surface area (Å²) in [7, 11) is 0. The summed E-state index contributed by atoms with van der Waals surface area (Å²) in [6.45, 7) is 5.18. The van der Waals surface area contributed by atoms with Crippen molar-refractivity contribution in [1.82, 2.24) is 0 Å². The molecule has 0 saturated carbocycles. The summed E-state index contributed by atoms with van der Waals surface area (Å²) in [6, 6.07) is 3.91. The monoisotopic (exact) mass is 295 g/mol. The number of rotatable bonds is 3. The smallest absolute Gasteiger partial charge is 0.434 e. The first-order chi connectivity index (χ1) is 9.67. The predicted octanol–water partition coefficient (Wildman–Crippen LogP) is 2.59. The Labute approximate surface area is 122 Å². The molecule has 0 bridgehead atoms. The molecule has 0 aromatic heterocycles. The number of carbonyl (C=O) groups is 1. The third-order valence-corrected chi connectivity index (χ3v) is 2.02. The number of carbonyl (C=O) groups excluding carboxylic acids is 1. The van der Waals surface area contributed by atoms with Crippen LogP contribution in [-0.4, -0.2) is 17.9 Å². The summed E-state index contributed by atoms with van der Waals surface area (Å²) in [4.78, 5) is 14.8. The second kappa shape index (κ2) is 6.74. The molecule has 0 spiro atoms. The van der Waals surface area contributed by atoms with E-state index in [1.807, 2.05) is 0 Å². The standard InChI is InChI=1S/C14H18FN3O3/c1-14(2,3)21-13(19)18-7-6-12(17)20-9-4-5-11(16)10(15)8-9/h4-8H,16-17H2,1-3H3/b12-6+,18-7+. The molecule has 1 rings (SSSR count). The molecule has 0 heterocycles. The van der Waals surface area contributed by atoms with Gasteiger partial charge in [0.05, 0.1) is 5.69 Å². The van der Waals surface area contributed by atoms with E-state index in [1.165, 1.54) is 18.2 Å². The van der Waals surface area contributed by atoms with Crippen molar-refractivity contribution in [2.75, 3.05) is 5.73 Å². The van der Waals surface area contributed by atoms with Crippen LogP contribution in [0.2, 0.25) is 0 Å². The molecule has 0 fully saturated rings. The van der Waals surface area contributed by atoms with E-state index in [9.17, 15) is 9.18 Å². The van der Waals surface area contributed by atoms with E-state index in [4.69, 9.17) is 20.9 Å². The molecular formula is C14H18FN3O3. The van der Waals surface area contributed by atoms with Gasteiger partial charge in [-0.2, -0.15) is 4.99 Å². The molecule has 1 amide bonds. The van der Waals surface area contributed by atoms with E-state index in [1.54, 1.807) is 20.8 Å². The van der Waals surface area contributed by atoms with Crippen LogP contribution >= 0.6 is 0 Å². The normalized spacial score (nSPS) is 12.5. The molecular weight excluding hydrogens is 277 g/mol. The minimum atomic E-state index is -0.745. The molecule has 1 aromatic rings. The van der Waals surface area contributed by atoms with Crippen molar-refractivity contribution in [2.24, 2.45) is 10.7 Å². The van der Waals surface area contributed by atoms with Crippen LogP contribution in [0.3, 0.4) is 0 Å². The maximum Gasteiger partial charge on any atom is 0.434 e. The highest BCUT2D eigenvalue weighted by molar-refractivity contribution is 5.84. The average Bonchev–Trinajstić information content (AvgIpc) is 2.31. The van der Waals surface area contributed by atoms with Crippen molar-refractivity contribution < 1.29 is 18.7 Å². The Balaban J connectivity index is 2.60. The number of hydrogen-bond donors (Lipinski definition) is 2. The van der Waals surface area contributed by atoms with Gasteiger partial charge >= 0.3 is 6.09 Å². The van der Waals surface area contributed by atoms with Crippen LogP contribution in [0.15, 0.2) is 35.2 Å². The summed E-state index contributed by atoms with van der Waals surface area (Å²) in [5.41, 5.74) is 10.3. The Morgan fingerprint density at radius 3 is 2.62 bits per heavy atom. The third-order valence-electron chi connectivity index (χ3n) is 2.02. The van der Waals surface area contributed by atoms with Crippen LogP contribution in [0, 0.1) is 5.82 Å². The number of anilines is 1. The highest BCUT2D eigenvalue weighted by Crippen LogP contribution is 2.18. The minimum Gasteiger partial charge on any atom is -0.442 e. The summed E-state index contributed by atoms with van der Waals surface area (Å²) >= 11 is 0. The molecule has 21 heavy (non-hydrogen) atoms. The Hall–Kier alpha value is -2.57. The molecule has 4 N–H and O–H groups in total. The van der Waals surface area contributed by atoms with E-state index in [2.05, 4.69) is 4.99 Å². The molecule has 0 saturated heterocycles. The Kier molecular flexibility index (Phi) is 5.29. The van der Waals surface area contributed by atoms with E-state index >= 15 is 0 Å². The highest BCUT2D eigenvalue weighted by Gasteiger charge is 2.14. The highest BCUT2D eigenvalue weighted by atomic mass is 19.1. The zero-order valence-corrected chi connectivity index (χ0v) is 12.1. The number of amides is 1. The molecule has 0 unspecified atom stereocenters. The van der Waals surface area contributed by atoms with E-state index in [0.717, 1.165) is 12.3 Å². The molecule has 0 atom stereocenters. The lowest BCUT2D eigenvalue weighted by Crippen LogP contribution is -2.21. The van der Waals surface area contributed by atoms with Gasteiger partial charge in [-0.25, -0.2) is 9.18 Å². The average molecular weight is 295 g/mol. The van der Waals surface area contributed by atoms with Gasteiger partial charge in [0.1, 0.15) is 17.2 Å². The Bertz CT molecular complexity index is 577. The van der Waals surface area contributed by atoms with Crippen molar-refractivity contribution in [3.63, 3.8) is 0 Å². The van der Waals surface area contributed by atoms with E-state index in [-0.39, 0.29) is 17.3 Å². The van der Waals surface area contributed by atoms with Gasteiger partial charge in [0.2, 0.25) is 0 Å². The van der Waals surface area contributed by atoms with Crippen LogP contribution in [0.5, 0.6) is 5.75 Å². The number of nitrogen functional groups attached to an aromatic ring is 1. The maximum atomic E-state index is 13.2. The number of halogens is 1. The molecule has 0 radical (unpaired) electrons. The van der Waals surface area contributed by atoms with Crippen molar-refractivity contribution >= 4 is 18.0 Å². The van der Waals surface area contributed by atoms with Crippen molar-refractivity contribution in [3.05, 3.63) is 36.0 Å². The lowest BCUT2D eigenvalue weighted by atomic mass is 10.2. The van der Waals surface area contributed by atoms with Crippen molar-refractivity contribution in [1.29, 1.82) is 0 Å². The summed E-state index contributed by atoms with van der Waals surface area (Å²) in [5.74, 6) is -0.490. The van der Waals surface area contributed by atoms with Gasteiger partial charge in [0, 0.05) is 18.4 Å². The molecule has 6 nitrogen and oxygen atoms in total. The van der Waals surface area contributed by atoms with E-state index in [0.29, 0.717) is 0 Å². The fraction of sp³-hybridized carbons (Fsp3) is 0.286. The molecule has 1 aromatic carbocycles. The SMILES string of the molecule is CC(C)(C)OC(=O)/N=C/C=C(\N)Oc1ccc(N)c(F)c1. The number of nitrogens with two attached hydrogens (primary N) is 2. The quantitative estimate of drug-likeness (QED) is 0.507. The number of aliphatic imine (C=N–C) groups is 1. The molecule has 0 aliphatic rings. The largest absolute Gasteiger partial charge is 0.442 e. The van der Waals surface area contributed by atoms with Gasteiger partial charge in [-0.15, -0.1) is 0 Å². The van der Waals surface area contributed by atoms with Crippen LogP contribution < -0.4 is 16.2 Å². The lowest BCUT2D eigenvalue weighted by molar-refractivity contribution is 0.0605. The van der Waals surface area contributed by atoms with E-state index < -0.39 is 17.5 Å². The minimum absolute atomic E-state index is 0.0105. The van der Waals surface area contributed by atoms with Gasteiger partial charge in [0.25, 0.3) is 0 Å². The van der Waals surface area contributed by atoms with Gasteiger partial charge in [-0.1, -0.05) is 0 Å². The van der Waals surface area contributed by atoms with Gasteiger partial charge in [-0.3, -0.25) is 0 Å². The first kappa shape index (κ1) is 16.5. The van der Waals surface area contributed by atoms with Gasteiger partial charge < -0.3 is 20.9 Å². The number of allylic oxidation sites excluding steroid dienone is 1. The topological polar surface area (TPSA) is 99.9 Å². The maximum absolute atomic E-state index is 13.2. The van der Waals surface area contributed by atoms with Crippen LogP contribution in [0.1, 0.15) is 20.8 Å². The predicted molar refractivity (Wildman–Crippen MR) is 78.4 cm³/mol. The second-order valence-corrected chi connectivity index (χ2v) is 5.11. The van der Waals surface area contributed by atoms with Crippen LogP contribution in [-0.2, 0) is 4.74 Å². The molecule has 0 aliphatic heterocycles. The number of nitrogens with zero attached hydrogens (tertiary/aromatic N) is 1. The Morgan fingerprint density at radius 1 is 1.38 bits per heavy atom. The van der Waals surface area contributed by atoms with Crippen LogP contribution in [0.4, 0.5) is 14.9 Å². The zero-order valence-electron chi connectivity index (χ0n) is 12.1. The third kappa shape index (κ3) is 6.42. The molecule has 7 heteroatoms. The zero-order chi connectivity index (χ0) is 16.0. The van der Waals surface area contributed by atoms with Gasteiger partial charge in [-0.05, 0) is 32.9 Å². The first-order valence-electron chi connectivity index (χ1n) is 6.13. The summed E-state index contributed by atoms with van der Waals surface area (Å²) < 4.78 is 23.3. The number of hydrogen-bond acceptors (Lipinski definition) is 5. The van der Waals surface area contributed by atoms with Crippen LogP contribution in [0.25, 0.3) is 0 Å². The lowest BCUT2D eigenvalue weighted by Gasteiger charge is -2.16. The number of ether oxygens (including phenoxy) is 2. The molecule has 0 aliphatic carbocycles. The first-order valence-corrected chi connectivity index (χ1v) is 6.13. The van der Waals surface area contributed by atoms with Gasteiger partial charge in [0.15, 0.2) is 5.88 Å². The fourth-order valence-corrected chi connectivity index (χ4v) is 1.20. The summed E-state index contributed by atoms with van der Waals surface area (Å²) in [5, 5.41) is 0. The second-order valence-electron chi connectivity index (χ2n) is 5.11. The number of benzene rings is 1. The summed E-state index contributed by atoms with van der Waals surface area (Å²) in [6.07, 6.45) is 1.64. The van der Waals surface area contributed by atoms with Crippen molar-refractivity contribution in [2.45, 2.75) is 26.4 Å². The fourth-order valence-electron chi connectivity index (χ4n) is 1.20. The molecule has 114 valence electrons. The Morgan fingerprint density at radius 2 is 2.05 bits per heavy atom.